The predicted octanol–water partition coefficient (Wildman–Crippen LogP) is 4.87. The molecule has 1 N–H and O–H groups in total. The zero-order valence-corrected chi connectivity index (χ0v) is 14.0. The molecule has 4 nitrogen and oxygen atoms in total. The van der Waals surface area contributed by atoms with Gasteiger partial charge in [0.15, 0.2) is 0 Å². The van der Waals surface area contributed by atoms with E-state index in [2.05, 4.69) is 10.3 Å². The maximum Gasteiger partial charge on any atom is 0.226 e. The van der Waals surface area contributed by atoms with E-state index < -0.39 is 0 Å². The molecule has 0 fully saturated rings. The van der Waals surface area contributed by atoms with Crippen molar-refractivity contribution in [1.82, 2.24) is 4.98 Å². The van der Waals surface area contributed by atoms with Crippen molar-refractivity contribution in [2.45, 2.75) is 19.8 Å². The number of rotatable bonds is 5. The molecular formula is C19H17ClN2O2. The average Bonchev–Trinajstić information content (AvgIpc) is 2.95. The maximum absolute atomic E-state index is 12.1. The van der Waals surface area contributed by atoms with Crippen LogP contribution in [-0.4, -0.2) is 10.9 Å². The molecule has 0 aliphatic carbocycles. The average molecular weight is 341 g/mol. The number of aryl methyl sites for hydroxylation is 2. The molecule has 0 atom stereocenters. The number of carbonyl (C=O) groups excluding carboxylic acids is 1. The summed E-state index contributed by atoms with van der Waals surface area (Å²) in [5.41, 5.74) is 2.42. The summed E-state index contributed by atoms with van der Waals surface area (Å²) in [6.45, 7) is 1.86. The molecule has 0 aliphatic heterocycles. The van der Waals surface area contributed by atoms with Gasteiger partial charge < -0.3 is 9.73 Å². The van der Waals surface area contributed by atoms with E-state index in [0.29, 0.717) is 29.4 Å². The zero-order valence-electron chi connectivity index (χ0n) is 13.3. The van der Waals surface area contributed by atoms with E-state index in [0.717, 1.165) is 17.0 Å². The minimum absolute atomic E-state index is 0.0825. The van der Waals surface area contributed by atoms with Gasteiger partial charge in [-0.1, -0.05) is 35.9 Å². The molecule has 0 bridgehead atoms. The molecule has 1 aromatic heterocycles. The van der Waals surface area contributed by atoms with Gasteiger partial charge in [-0.3, -0.25) is 4.79 Å². The molecule has 2 aromatic carbocycles. The number of hydrogen-bond donors (Lipinski definition) is 1. The Balaban J connectivity index is 1.62. The normalized spacial score (nSPS) is 10.6. The summed E-state index contributed by atoms with van der Waals surface area (Å²) in [7, 11) is 0. The van der Waals surface area contributed by atoms with Gasteiger partial charge in [-0.05, 0) is 37.3 Å². The van der Waals surface area contributed by atoms with Crippen LogP contribution in [0.2, 0.25) is 5.02 Å². The van der Waals surface area contributed by atoms with Crippen molar-refractivity contribution in [1.29, 1.82) is 0 Å². The van der Waals surface area contributed by atoms with Gasteiger partial charge in [0.05, 0.1) is 5.69 Å². The van der Waals surface area contributed by atoms with Crippen molar-refractivity contribution in [2.75, 3.05) is 5.32 Å². The topological polar surface area (TPSA) is 55.1 Å². The van der Waals surface area contributed by atoms with Crippen LogP contribution < -0.4 is 5.32 Å². The van der Waals surface area contributed by atoms with Gasteiger partial charge in [-0.15, -0.1) is 0 Å². The standard InChI is InChI=1S/C19H17ClN2O2/c1-13-17(22-19(24-13)14-6-3-2-4-7-14)10-11-18(23)21-16-9-5-8-15(20)12-16/h2-9,12H,10-11H2,1H3,(H,21,23). The van der Waals surface area contributed by atoms with Crippen LogP contribution >= 0.6 is 11.6 Å². The Morgan fingerprint density at radius 2 is 1.96 bits per heavy atom. The summed E-state index contributed by atoms with van der Waals surface area (Å²) in [6.07, 6.45) is 0.850. The summed E-state index contributed by atoms with van der Waals surface area (Å²) in [4.78, 5) is 16.6. The first-order valence-corrected chi connectivity index (χ1v) is 8.07. The quantitative estimate of drug-likeness (QED) is 0.720. The summed E-state index contributed by atoms with van der Waals surface area (Å²) in [5.74, 6) is 1.24. The number of benzene rings is 2. The van der Waals surface area contributed by atoms with Gasteiger partial charge >= 0.3 is 0 Å². The minimum atomic E-state index is -0.0825. The first-order valence-electron chi connectivity index (χ1n) is 7.69. The summed E-state index contributed by atoms with van der Waals surface area (Å²) in [5, 5.41) is 3.42. The molecule has 0 saturated carbocycles. The Morgan fingerprint density at radius 1 is 1.17 bits per heavy atom. The molecule has 24 heavy (non-hydrogen) atoms. The molecule has 0 saturated heterocycles. The Labute approximate surface area is 145 Å². The van der Waals surface area contributed by atoms with Gasteiger partial charge in [0.2, 0.25) is 11.8 Å². The number of amides is 1. The predicted molar refractivity (Wildman–Crippen MR) is 95.1 cm³/mol. The highest BCUT2D eigenvalue weighted by atomic mass is 35.5. The van der Waals surface area contributed by atoms with Crippen LogP contribution in [0.15, 0.2) is 59.0 Å². The lowest BCUT2D eigenvalue weighted by Gasteiger charge is -2.04. The van der Waals surface area contributed by atoms with Crippen LogP contribution in [-0.2, 0) is 11.2 Å². The Kier molecular flexibility index (Phi) is 4.96. The summed E-state index contributed by atoms with van der Waals surface area (Å²) < 4.78 is 5.71. The number of aromatic nitrogens is 1. The Morgan fingerprint density at radius 3 is 2.71 bits per heavy atom. The van der Waals surface area contributed by atoms with Crippen molar-refractivity contribution >= 4 is 23.2 Å². The molecule has 0 aliphatic rings. The first-order chi connectivity index (χ1) is 11.6. The zero-order chi connectivity index (χ0) is 16.9. The van der Waals surface area contributed by atoms with Crippen molar-refractivity contribution in [2.24, 2.45) is 0 Å². The third-order valence-corrected chi connectivity index (χ3v) is 3.85. The fourth-order valence-corrected chi connectivity index (χ4v) is 2.58. The van der Waals surface area contributed by atoms with Crippen LogP contribution in [0.25, 0.3) is 11.5 Å². The fraction of sp³-hybridized carbons (Fsp3) is 0.158. The lowest BCUT2D eigenvalue weighted by Crippen LogP contribution is -2.12. The lowest BCUT2D eigenvalue weighted by molar-refractivity contribution is -0.116. The van der Waals surface area contributed by atoms with Crippen LogP contribution in [0.1, 0.15) is 17.9 Å². The van der Waals surface area contributed by atoms with Gasteiger partial charge in [0.1, 0.15) is 5.76 Å². The molecule has 5 heteroatoms. The van der Waals surface area contributed by atoms with E-state index in [1.54, 1.807) is 24.3 Å². The summed E-state index contributed by atoms with van der Waals surface area (Å²) in [6, 6.07) is 16.8. The van der Waals surface area contributed by atoms with Gasteiger partial charge in [0.25, 0.3) is 0 Å². The minimum Gasteiger partial charge on any atom is -0.441 e. The monoisotopic (exact) mass is 340 g/mol. The molecule has 1 heterocycles. The van der Waals surface area contributed by atoms with E-state index in [1.807, 2.05) is 37.3 Å². The largest absolute Gasteiger partial charge is 0.441 e. The molecule has 0 radical (unpaired) electrons. The summed E-state index contributed by atoms with van der Waals surface area (Å²) >= 11 is 5.91. The fourth-order valence-electron chi connectivity index (χ4n) is 2.39. The SMILES string of the molecule is Cc1oc(-c2ccccc2)nc1CCC(=O)Nc1cccc(Cl)c1. The highest BCUT2D eigenvalue weighted by Gasteiger charge is 2.13. The van der Waals surface area contributed by atoms with Crippen molar-refractivity contribution in [3.8, 4) is 11.5 Å². The highest BCUT2D eigenvalue weighted by molar-refractivity contribution is 6.30. The van der Waals surface area contributed by atoms with E-state index in [1.165, 1.54) is 0 Å². The number of halogens is 1. The van der Waals surface area contributed by atoms with Gasteiger partial charge in [-0.2, -0.15) is 0 Å². The maximum atomic E-state index is 12.1. The van der Waals surface area contributed by atoms with Crippen molar-refractivity contribution in [3.63, 3.8) is 0 Å². The van der Waals surface area contributed by atoms with Crippen LogP contribution in [0.3, 0.4) is 0 Å². The van der Waals surface area contributed by atoms with E-state index in [9.17, 15) is 4.79 Å². The number of hydrogen-bond acceptors (Lipinski definition) is 3. The van der Waals surface area contributed by atoms with Crippen LogP contribution in [0.5, 0.6) is 0 Å². The second-order valence-corrected chi connectivity index (χ2v) is 5.88. The number of carbonyl (C=O) groups is 1. The molecular weight excluding hydrogens is 324 g/mol. The van der Waals surface area contributed by atoms with Crippen LogP contribution in [0, 0.1) is 6.92 Å². The van der Waals surface area contributed by atoms with Gasteiger partial charge in [-0.25, -0.2) is 4.98 Å². The van der Waals surface area contributed by atoms with Crippen molar-refractivity contribution in [3.05, 3.63) is 71.1 Å². The number of nitrogens with zero attached hydrogens (tertiary/aromatic N) is 1. The third-order valence-electron chi connectivity index (χ3n) is 3.61. The lowest BCUT2D eigenvalue weighted by atomic mass is 10.2. The number of nitrogens with one attached hydrogen (secondary N) is 1. The second kappa shape index (κ2) is 7.32. The van der Waals surface area contributed by atoms with Crippen molar-refractivity contribution < 1.29 is 9.21 Å². The highest BCUT2D eigenvalue weighted by Crippen LogP contribution is 2.22. The third kappa shape index (κ3) is 4.03. The smallest absolute Gasteiger partial charge is 0.226 e. The second-order valence-electron chi connectivity index (χ2n) is 5.45. The first kappa shape index (κ1) is 16.3. The molecule has 122 valence electrons. The molecule has 3 rings (SSSR count). The Hall–Kier alpha value is -2.59. The number of anilines is 1. The van der Waals surface area contributed by atoms with E-state index in [-0.39, 0.29) is 5.91 Å². The van der Waals surface area contributed by atoms with E-state index >= 15 is 0 Å². The molecule has 0 unspecified atom stereocenters. The van der Waals surface area contributed by atoms with Crippen LogP contribution in [0.4, 0.5) is 5.69 Å². The Bertz CT molecular complexity index is 844. The number of oxazole rings is 1. The molecule has 1 amide bonds. The molecule has 3 aromatic rings. The molecule has 0 spiro atoms. The van der Waals surface area contributed by atoms with Gasteiger partial charge in [0, 0.05) is 29.1 Å². The van der Waals surface area contributed by atoms with E-state index in [4.69, 9.17) is 16.0 Å².